The first-order valence-corrected chi connectivity index (χ1v) is 7.54. The zero-order valence-electron chi connectivity index (χ0n) is 12.4. The van der Waals surface area contributed by atoms with E-state index in [0.717, 1.165) is 28.7 Å². The Morgan fingerprint density at radius 1 is 1.30 bits per heavy atom. The summed E-state index contributed by atoms with van der Waals surface area (Å²) in [6, 6.07) is 3.87. The molecule has 0 aliphatic rings. The average Bonchev–Trinajstić information content (AvgIpc) is 2.83. The maximum absolute atomic E-state index is 5.67. The molecule has 0 spiro atoms. The highest BCUT2D eigenvalue weighted by Gasteiger charge is 2.10. The van der Waals surface area contributed by atoms with Gasteiger partial charge in [0.15, 0.2) is 0 Å². The number of thiazole rings is 1. The van der Waals surface area contributed by atoms with Crippen molar-refractivity contribution < 1.29 is 4.74 Å². The smallest absolute Gasteiger partial charge is 0.138 e. The minimum atomic E-state index is 0.107. The van der Waals surface area contributed by atoms with Crippen LogP contribution >= 0.6 is 11.3 Å². The highest BCUT2D eigenvalue weighted by Crippen LogP contribution is 2.15. The van der Waals surface area contributed by atoms with E-state index in [0.29, 0.717) is 6.61 Å². The van der Waals surface area contributed by atoms with Crippen LogP contribution in [-0.2, 0) is 13.2 Å². The fourth-order valence-corrected chi connectivity index (χ4v) is 2.25. The summed E-state index contributed by atoms with van der Waals surface area (Å²) in [5, 5.41) is 6.56. The molecule has 0 saturated carbocycles. The fraction of sp³-hybridized carbons (Fsp3) is 0.467. The summed E-state index contributed by atoms with van der Waals surface area (Å²) in [6.45, 7) is 9.68. The molecule has 20 heavy (non-hydrogen) atoms. The van der Waals surface area contributed by atoms with Gasteiger partial charge in [-0.05, 0) is 39.8 Å². The predicted molar refractivity (Wildman–Crippen MR) is 82.0 cm³/mol. The number of nitrogens with one attached hydrogen (secondary N) is 1. The maximum atomic E-state index is 5.67. The number of hydrogen-bond donors (Lipinski definition) is 1. The van der Waals surface area contributed by atoms with Gasteiger partial charge >= 0.3 is 0 Å². The number of rotatable bonds is 5. The minimum Gasteiger partial charge on any atom is -0.486 e. The van der Waals surface area contributed by atoms with Crippen LogP contribution in [0.5, 0.6) is 5.75 Å². The Kier molecular flexibility index (Phi) is 4.73. The molecule has 2 rings (SSSR count). The SMILES string of the molecule is Cc1ccc(OCc2csc(CNC(C)(C)C)n2)cn1. The average molecular weight is 291 g/mol. The van der Waals surface area contributed by atoms with Crippen LogP contribution in [0.4, 0.5) is 0 Å². The van der Waals surface area contributed by atoms with E-state index in [1.54, 1.807) is 17.5 Å². The largest absolute Gasteiger partial charge is 0.486 e. The van der Waals surface area contributed by atoms with Gasteiger partial charge in [-0.3, -0.25) is 4.98 Å². The van der Waals surface area contributed by atoms with E-state index in [-0.39, 0.29) is 5.54 Å². The summed E-state index contributed by atoms with van der Waals surface area (Å²) in [4.78, 5) is 8.76. The molecule has 0 aliphatic carbocycles. The molecule has 4 nitrogen and oxygen atoms in total. The van der Waals surface area contributed by atoms with Gasteiger partial charge in [0.1, 0.15) is 17.4 Å². The molecule has 108 valence electrons. The lowest BCUT2D eigenvalue weighted by Gasteiger charge is -2.19. The number of hydrogen-bond acceptors (Lipinski definition) is 5. The Morgan fingerprint density at radius 2 is 2.10 bits per heavy atom. The molecule has 0 amide bonds. The Morgan fingerprint density at radius 3 is 2.75 bits per heavy atom. The second-order valence-electron chi connectivity index (χ2n) is 5.76. The summed E-state index contributed by atoms with van der Waals surface area (Å²) in [5.74, 6) is 0.776. The van der Waals surface area contributed by atoms with Crippen LogP contribution in [0.25, 0.3) is 0 Å². The number of ether oxygens (including phenoxy) is 1. The first kappa shape index (κ1) is 14.9. The number of aryl methyl sites for hydroxylation is 1. The van der Waals surface area contributed by atoms with E-state index in [9.17, 15) is 0 Å². The Hall–Kier alpha value is -1.46. The molecule has 0 aliphatic heterocycles. The van der Waals surface area contributed by atoms with Crippen LogP contribution in [0.1, 0.15) is 37.2 Å². The maximum Gasteiger partial charge on any atom is 0.138 e. The molecule has 1 N–H and O–H groups in total. The standard InChI is InChI=1S/C15H21N3OS/c1-11-5-6-13(7-16-11)19-9-12-10-20-14(18-12)8-17-15(2,3)4/h5-7,10,17H,8-9H2,1-4H3. The number of nitrogens with zero attached hydrogens (tertiary/aromatic N) is 2. The van der Waals surface area contributed by atoms with Crippen molar-refractivity contribution in [2.24, 2.45) is 0 Å². The van der Waals surface area contributed by atoms with Crippen LogP contribution in [-0.4, -0.2) is 15.5 Å². The van der Waals surface area contributed by atoms with Crippen molar-refractivity contribution in [2.75, 3.05) is 0 Å². The molecule has 0 atom stereocenters. The summed E-state index contributed by atoms with van der Waals surface area (Å²) in [5.41, 5.74) is 2.05. The number of aromatic nitrogens is 2. The summed E-state index contributed by atoms with van der Waals surface area (Å²) < 4.78 is 5.67. The van der Waals surface area contributed by atoms with E-state index in [4.69, 9.17) is 4.74 Å². The van der Waals surface area contributed by atoms with Crippen LogP contribution in [0.15, 0.2) is 23.7 Å². The van der Waals surface area contributed by atoms with E-state index >= 15 is 0 Å². The molecule has 0 bridgehead atoms. The van der Waals surface area contributed by atoms with Gasteiger partial charge in [-0.1, -0.05) is 0 Å². The molecule has 0 aromatic carbocycles. The summed E-state index contributed by atoms with van der Waals surface area (Å²) in [7, 11) is 0. The zero-order valence-corrected chi connectivity index (χ0v) is 13.3. The lowest BCUT2D eigenvalue weighted by molar-refractivity contribution is 0.300. The van der Waals surface area contributed by atoms with Crippen molar-refractivity contribution in [1.29, 1.82) is 0 Å². The van der Waals surface area contributed by atoms with Gasteiger partial charge in [-0.2, -0.15) is 0 Å². The lowest BCUT2D eigenvalue weighted by Crippen LogP contribution is -2.35. The van der Waals surface area contributed by atoms with Crippen molar-refractivity contribution >= 4 is 11.3 Å². The van der Waals surface area contributed by atoms with Gasteiger partial charge in [0.2, 0.25) is 0 Å². The molecular weight excluding hydrogens is 270 g/mol. The third-order valence-electron chi connectivity index (χ3n) is 2.64. The summed E-state index contributed by atoms with van der Waals surface area (Å²) in [6.07, 6.45) is 1.74. The molecule has 0 fully saturated rings. The molecule has 2 heterocycles. The van der Waals surface area contributed by atoms with E-state index < -0.39 is 0 Å². The quantitative estimate of drug-likeness (QED) is 0.918. The second kappa shape index (κ2) is 6.33. The van der Waals surface area contributed by atoms with E-state index in [2.05, 4.69) is 36.1 Å². The molecule has 0 unspecified atom stereocenters. The molecular formula is C15H21N3OS. The van der Waals surface area contributed by atoms with E-state index in [1.165, 1.54) is 0 Å². The first-order valence-electron chi connectivity index (χ1n) is 6.66. The lowest BCUT2D eigenvalue weighted by atomic mass is 10.1. The first-order chi connectivity index (χ1) is 9.42. The van der Waals surface area contributed by atoms with Gasteiger partial charge in [0.05, 0.1) is 11.9 Å². The van der Waals surface area contributed by atoms with Crippen molar-refractivity contribution in [3.05, 3.63) is 40.1 Å². The Bertz CT molecular complexity index is 543. The Labute approximate surface area is 124 Å². The highest BCUT2D eigenvalue weighted by atomic mass is 32.1. The van der Waals surface area contributed by atoms with Gasteiger partial charge in [0.25, 0.3) is 0 Å². The Balaban J connectivity index is 1.85. The number of pyridine rings is 1. The minimum absolute atomic E-state index is 0.107. The second-order valence-corrected chi connectivity index (χ2v) is 6.70. The fourth-order valence-electron chi connectivity index (χ4n) is 1.53. The molecule has 2 aromatic heterocycles. The summed E-state index contributed by atoms with van der Waals surface area (Å²) >= 11 is 1.66. The topological polar surface area (TPSA) is 47.0 Å². The van der Waals surface area contributed by atoms with E-state index in [1.807, 2.05) is 24.4 Å². The van der Waals surface area contributed by atoms with Gasteiger partial charge in [0, 0.05) is 23.2 Å². The van der Waals surface area contributed by atoms with Gasteiger partial charge < -0.3 is 10.1 Å². The van der Waals surface area contributed by atoms with Crippen LogP contribution in [0.2, 0.25) is 0 Å². The molecule has 0 saturated heterocycles. The molecule has 0 radical (unpaired) electrons. The predicted octanol–water partition coefficient (Wildman–Crippen LogP) is 3.31. The van der Waals surface area contributed by atoms with Crippen molar-refractivity contribution in [3.63, 3.8) is 0 Å². The highest BCUT2D eigenvalue weighted by molar-refractivity contribution is 7.09. The molecule has 2 aromatic rings. The van der Waals surface area contributed by atoms with Crippen molar-refractivity contribution in [1.82, 2.24) is 15.3 Å². The third kappa shape index (κ3) is 4.90. The van der Waals surface area contributed by atoms with Crippen LogP contribution in [0.3, 0.4) is 0 Å². The third-order valence-corrected chi connectivity index (χ3v) is 3.54. The monoisotopic (exact) mass is 291 g/mol. The molecule has 5 heteroatoms. The van der Waals surface area contributed by atoms with Crippen LogP contribution < -0.4 is 10.1 Å². The zero-order chi connectivity index (χ0) is 14.6. The van der Waals surface area contributed by atoms with Crippen LogP contribution in [0, 0.1) is 6.92 Å². The van der Waals surface area contributed by atoms with Gasteiger partial charge in [-0.15, -0.1) is 11.3 Å². The normalized spacial score (nSPS) is 11.6. The van der Waals surface area contributed by atoms with Gasteiger partial charge in [-0.25, -0.2) is 4.98 Å². The van der Waals surface area contributed by atoms with Crippen molar-refractivity contribution in [2.45, 2.75) is 46.4 Å². The van der Waals surface area contributed by atoms with Crippen molar-refractivity contribution in [3.8, 4) is 5.75 Å².